The van der Waals surface area contributed by atoms with Crippen LogP contribution in [0.15, 0.2) is 11.1 Å². The molecule has 0 radical (unpaired) electrons. The van der Waals surface area contributed by atoms with E-state index < -0.39 is 6.10 Å². The number of rotatable bonds is 2. The molecule has 2 unspecified atom stereocenters. The van der Waals surface area contributed by atoms with Crippen molar-refractivity contribution >= 4 is 11.8 Å². The molecule has 2 atom stereocenters. The maximum Gasteiger partial charge on any atom is 0.117 e. The fraction of sp³-hybridized carbons (Fsp3) is 0.750. The smallest absolute Gasteiger partial charge is 0.117 e. The van der Waals surface area contributed by atoms with Crippen molar-refractivity contribution in [3.63, 3.8) is 0 Å². The van der Waals surface area contributed by atoms with E-state index in [1.54, 1.807) is 11.8 Å². The van der Waals surface area contributed by atoms with Crippen molar-refractivity contribution in [2.45, 2.75) is 32.2 Å². The van der Waals surface area contributed by atoms with Crippen LogP contribution in [0.25, 0.3) is 0 Å². The number of nitrogens with one attached hydrogen (secondary N) is 1. The molecule has 1 aliphatic rings. The molecule has 1 aliphatic heterocycles. The van der Waals surface area contributed by atoms with Gasteiger partial charge in [0.15, 0.2) is 0 Å². The molecular formula is C8H17NO2S. The molecule has 0 aliphatic carbocycles. The van der Waals surface area contributed by atoms with Gasteiger partial charge in [0, 0.05) is 5.70 Å². The summed E-state index contributed by atoms with van der Waals surface area (Å²) < 4.78 is 0. The van der Waals surface area contributed by atoms with Gasteiger partial charge in [-0.25, -0.2) is 0 Å². The molecule has 0 saturated carbocycles. The second-order valence-electron chi connectivity index (χ2n) is 2.19. The van der Waals surface area contributed by atoms with Crippen molar-refractivity contribution in [1.29, 1.82) is 0 Å². The highest BCUT2D eigenvalue weighted by atomic mass is 32.2. The van der Waals surface area contributed by atoms with E-state index in [-0.39, 0.29) is 6.61 Å². The largest absolute Gasteiger partial charge is 0.393 e. The van der Waals surface area contributed by atoms with Crippen molar-refractivity contribution in [2.75, 3.05) is 6.61 Å². The van der Waals surface area contributed by atoms with Crippen LogP contribution in [0.4, 0.5) is 0 Å². The fourth-order valence-electron chi connectivity index (χ4n) is 0.751. The van der Waals surface area contributed by atoms with Crippen LogP contribution < -0.4 is 5.32 Å². The summed E-state index contributed by atoms with van der Waals surface area (Å²) in [6.07, 6.45) is -0.738. The lowest BCUT2D eigenvalue weighted by Gasteiger charge is -2.10. The second-order valence-corrected chi connectivity index (χ2v) is 3.41. The average molecular weight is 191 g/mol. The Morgan fingerprint density at radius 2 is 2.25 bits per heavy atom. The van der Waals surface area contributed by atoms with Gasteiger partial charge in [-0.1, -0.05) is 13.8 Å². The molecule has 0 aromatic carbocycles. The third kappa shape index (κ3) is 3.47. The van der Waals surface area contributed by atoms with Crippen molar-refractivity contribution in [3.05, 3.63) is 11.1 Å². The summed E-state index contributed by atoms with van der Waals surface area (Å²) in [4.78, 5) is 0. The maximum absolute atomic E-state index is 9.08. The number of hydrogen-bond donors (Lipinski definition) is 3. The predicted molar refractivity (Wildman–Crippen MR) is 52.7 cm³/mol. The fourth-order valence-corrected chi connectivity index (χ4v) is 1.53. The zero-order chi connectivity index (χ0) is 9.56. The second kappa shape index (κ2) is 6.34. The van der Waals surface area contributed by atoms with E-state index in [9.17, 15) is 0 Å². The minimum Gasteiger partial charge on any atom is -0.393 e. The summed E-state index contributed by atoms with van der Waals surface area (Å²) >= 11 is 1.60. The van der Waals surface area contributed by atoms with Crippen molar-refractivity contribution < 1.29 is 10.2 Å². The van der Waals surface area contributed by atoms with E-state index in [4.69, 9.17) is 10.2 Å². The monoisotopic (exact) mass is 191 g/mol. The molecule has 0 spiro atoms. The average Bonchev–Trinajstić information content (AvgIpc) is 2.54. The predicted octanol–water partition coefficient (Wildman–Crippen LogP) is 0.890. The summed E-state index contributed by atoms with van der Waals surface area (Å²) in [6.45, 7) is 5.78. The van der Waals surface area contributed by atoms with Gasteiger partial charge in [0.1, 0.15) is 6.10 Å². The molecule has 1 heterocycles. The highest BCUT2D eigenvalue weighted by Crippen LogP contribution is 2.21. The maximum atomic E-state index is 9.08. The number of aliphatic hydroxyl groups is 2. The van der Waals surface area contributed by atoms with Crippen LogP contribution >= 0.6 is 11.8 Å². The first-order valence-electron chi connectivity index (χ1n) is 4.15. The molecule has 12 heavy (non-hydrogen) atoms. The molecular weight excluding hydrogens is 174 g/mol. The lowest BCUT2D eigenvalue weighted by molar-refractivity contribution is 0.117. The Balaban J connectivity index is 0.000000561. The Labute approximate surface area is 77.9 Å². The molecule has 0 amide bonds. The molecule has 1 rings (SSSR count). The molecule has 3 nitrogen and oxygen atoms in total. The Kier molecular flexibility index (Phi) is 6.24. The third-order valence-electron chi connectivity index (χ3n) is 1.30. The highest BCUT2D eigenvalue weighted by molar-refractivity contribution is 8.02. The van der Waals surface area contributed by atoms with E-state index in [2.05, 4.69) is 5.32 Å². The minimum absolute atomic E-state index is 0.216. The Hall–Kier alpha value is -0.190. The lowest BCUT2D eigenvalue weighted by atomic mass is 10.3. The summed E-state index contributed by atoms with van der Waals surface area (Å²) in [5.74, 6) is 0. The number of hydrogen-bond acceptors (Lipinski definition) is 4. The first-order chi connectivity index (χ1) is 5.74. The Morgan fingerprint density at radius 1 is 1.67 bits per heavy atom. The summed E-state index contributed by atoms with van der Waals surface area (Å²) in [5.41, 5.74) is 0.722. The van der Waals surface area contributed by atoms with E-state index >= 15 is 0 Å². The van der Waals surface area contributed by atoms with Gasteiger partial charge in [0.2, 0.25) is 0 Å². The van der Waals surface area contributed by atoms with Crippen LogP contribution in [0.5, 0.6) is 0 Å². The van der Waals surface area contributed by atoms with E-state index in [0.717, 1.165) is 5.70 Å². The van der Waals surface area contributed by atoms with Crippen LogP contribution in [0.2, 0.25) is 0 Å². The highest BCUT2D eigenvalue weighted by Gasteiger charge is 2.17. The molecule has 72 valence electrons. The SMILES string of the molecule is CC.CC1NC(C(O)CO)=CS1. The van der Waals surface area contributed by atoms with E-state index in [1.807, 2.05) is 26.2 Å². The summed E-state index contributed by atoms with van der Waals surface area (Å²) in [7, 11) is 0. The Morgan fingerprint density at radius 3 is 2.58 bits per heavy atom. The van der Waals surface area contributed by atoms with Gasteiger partial charge in [-0.15, -0.1) is 11.8 Å². The van der Waals surface area contributed by atoms with E-state index in [0.29, 0.717) is 5.37 Å². The standard InChI is InChI=1S/C6H11NO2S.C2H6/c1-4-7-5(3-10-4)6(9)2-8;1-2/h3-4,6-9H,2H2,1H3;1-2H3. The van der Waals surface area contributed by atoms with Crippen LogP contribution in [0, 0.1) is 0 Å². The molecule has 0 aromatic heterocycles. The zero-order valence-electron chi connectivity index (χ0n) is 7.74. The van der Waals surface area contributed by atoms with Gasteiger partial charge in [-0.2, -0.15) is 0 Å². The Bertz CT molecular complexity index is 150. The van der Waals surface area contributed by atoms with Crippen molar-refractivity contribution in [1.82, 2.24) is 5.32 Å². The van der Waals surface area contributed by atoms with Gasteiger partial charge >= 0.3 is 0 Å². The summed E-state index contributed by atoms with van der Waals surface area (Å²) in [6, 6.07) is 0. The number of thioether (sulfide) groups is 1. The van der Waals surface area contributed by atoms with Crippen molar-refractivity contribution in [2.24, 2.45) is 0 Å². The van der Waals surface area contributed by atoms with Crippen LogP contribution in [0.3, 0.4) is 0 Å². The lowest BCUT2D eigenvalue weighted by Crippen LogP contribution is -2.27. The third-order valence-corrected chi connectivity index (χ3v) is 2.22. The quantitative estimate of drug-likeness (QED) is 0.607. The van der Waals surface area contributed by atoms with Crippen molar-refractivity contribution in [3.8, 4) is 0 Å². The van der Waals surface area contributed by atoms with E-state index in [1.165, 1.54) is 0 Å². The van der Waals surface area contributed by atoms with Gasteiger partial charge in [0.05, 0.1) is 12.0 Å². The van der Waals surface area contributed by atoms with Crippen LogP contribution in [0.1, 0.15) is 20.8 Å². The topological polar surface area (TPSA) is 52.5 Å². The first kappa shape index (κ1) is 11.8. The molecule has 4 heteroatoms. The molecule has 3 N–H and O–H groups in total. The molecule has 0 saturated heterocycles. The normalized spacial score (nSPS) is 23.4. The van der Waals surface area contributed by atoms with Gasteiger partial charge in [0.25, 0.3) is 0 Å². The number of aliphatic hydroxyl groups excluding tert-OH is 2. The summed E-state index contributed by atoms with van der Waals surface area (Å²) in [5, 5.41) is 22.8. The zero-order valence-corrected chi connectivity index (χ0v) is 8.56. The van der Waals surface area contributed by atoms with Crippen LogP contribution in [-0.2, 0) is 0 Å². The van der Waals surface area contributed by atoms with Gasteiger partial charge in [-0.3, -0.25) is 0 Å². The molecule has 0 fully saturated rings. The molecule has 0 aromatic rings. The van der Waals surface area contributed by atoms with Gasteiger partial charge < -0.3 is 15.5 Å². The molecule has 0 bridgehead atoms. The minimum atomic E-state index is -0.738. The first-order valence-corrected chi connectivity index (χ1v) is 5.09. The van der Waals surface area contributed by atoms with Gasteiger partial charge in [-0.05, 0) is 12.3 Å². The van der Waals surface area contributed by atoms with Crippen LogP contribution in [-0.4, -0.2) is 28.3 Å².